The number of hydrogen-bond donors (Lipinski definition) is 1. The van der Waals surface area contributed by atoms with Crippen molar-refractivity contribution in [3.8, 4) is 0 Å². The summed E-state index contributed by atoms with van der Waals surface area (Å²) in [5.74, 6) is 0.449. The Morgan fingerprint density at radius 2 is 2.10 bits per heavy atom. The Morgan fingerprint density at radius 3 is 2.75 bits per heavy atom. The maximum atomic E-state index is 12.1. The van der Waals surface area contributed by atoms with E-state index in [-0.39, 0.29) is 11.9 Å². The van der Waals surface area contributed by atoms with Crippen molar-refractivity contribution in [3.63, 3.8) is 0 Å². The van der Waals surface area contributed by atoms with Crippen molar-refractivity contribution in [2.75, 3.05) is 6.26 Å². The van der Waals surface area contributed by atoms with Crippen LogP contribution >= 0.6 is 0 Å². The number of carbonyl (C=O) groups excluding carboxylic acids is 1. The molecule has 0 radical (unpaired) electrons. The van der Waals surface area contributed by atoms with Crippen LogP contribution in [0.1, 0.15) is 55.5 Å². The van der Waals surface area contributed by atoms with Crippen LogP contribution < -0.4 is 5.32 Å². The Labute approximate surface area is 124 Å². The lowest BCUT2D eigenvalue weighted by Gasteiger charge is -2.14. The number of nitrogens with one attached hydrogen (secondary N) is 1. The van der Waals surface area contributed by atoms with E-state index >= 15 is 0 Å². The average molecular weight is 295 g/mol. The van der Waals surface area contributed by atoms with Gasteiger partial charge < -0.3 is 5.32 Å². The van der Waals surface area contributed by atoms with Gasteiger partial charge in [-0.1, -0.05) is 38.3 Å². The lowest BCUT2D eigenvalue weighted by Crippen LogP contribution is -2.32. The molecule has 0 spiro atoms. The molecule has 0 fully saturated rings. The molecule has 2 unspecified atom stereocenters. The molecule has 0 heterocycles. The summed E-state index contributed by atoms with van der Waals surface area (Å²) in [5.41, 5.74) is 1.59. The van der Waals surface area contributed by atoms with Gasteiger partial charge in [0.25, 0.3) is 5.91 Å². The lowest BCUT2D eigenvalue weighted by atomic mass is 10.1. The molecule has 1 amide bonds. The molecule has 4 heteroatoms. The summed E-state index contributed by atoms with van der Waals surface area (Å²) < 4.78 is 11.2. The van der Waals surface area contributed by atoms with E-state index in [2.05, 4.69) is 12.2 Å². The van der Waals surface area contributed by atoms with Gasteiger partial charge >= 0.3 is 0 Å². The second-order valence-electron chi connectivity index (χ2n) is 5.29. The molecule has 0 aromatic heterocycles. The summed E-state index contributed by atoms with van der Waals surface area (Å²) in [6.07, 6.45) is 6.22. The molecule has 1 aromatic rings. The summed E-state index contributed by atoms with van der Waals surface area (Å²) >= 11 is 0. The van der Waals surface area contributed by atoms with Gasteiger partial charge in [0.2, 0.25) is 0 Å². The highest BCUT2D eigenvalue weighted by atomic mass is 32.2. The molecule has 2 atom stereocenters. The number of benzene rings is 1. The number of rotatable bonds is 8. The van der Waals surface area contributed by atoms with Crippen LogP contribution in [0.25, 0.3) is 0 Å². The van der Waals surface area contributed by atoms with Crippen molar-refractivity contribution in [2.24, 2.45) is 0 Å². The van der Waals surface area contributed by atoms with E-state index in [0.717, 1.165) is 18.4 Å². The van der Waals surface area contributed by atoms with Crippen LogP contribution in [-0.4, -0.2) is 22.4 Å². The smallest absolute Gasteiger partial charge is 0.251 e. The number of hydrogen-bond acceptors (Lipinski definition) is 2. The van der Waals surface area contributed by atoms with Crippen LogP contribution in [0.3, 0.4) is 0 Å². The minimum absolute atomic E-state index is 0.0438. The van der Waals surface area contributed by atoms with Gasteiger partial charge in [0.1, 0.15) is 0 Å². The molecule has 0 aliphatic rings. The molecular formula is C16H25NO2S. The van der Waals surface area contributed by atoms with E-state index in [1.54, 1.807) is 12.3 Å². The predicted octanol–water partition coefficient (Wildman–Crippen LogP) is 3.26. The highest BCUT2D eigenvalue weighted by Crippen LogP contribution is 2.09. The van der Waals surface area contributed by atoms with Gasteiger partial charge in [-0.2, -0.15) is 0 Å². The average Bonchev–Trinajstić information content (AvgIpc) is 2.38. The van der Waals surface area contributed by atoms with Gasteiger partial charge in [0, 0.05) is 34.4 Å². The molecule has 112 valence electrons. The Balaban J connectivity index is 2.56. The Morgan fingerprint density at radius 1 is 1.35 bits per heavy atom. The molecule has 1 N–H and O–H groups in total. The zero-order chi connectivity index (χ0) is 15.0. The third-order valence-corrected chi connectivity index (χ3v) is 3.92. The van der Waals surface area contributed by atoms with Gasteiger partial charge in [-0.15, -0.1) is 0 Å². The topological polar surface area (TPSA) is 46.2 Å². The first kappa shape index (κ1) is 16.9. The van der Waals surface area contributed by atoms with Crippen molar-refractivity contribution in [3.05, 3.63) is 35.4 Å². The van der Waals surface area contributed by atoms with Crippen molar-refractivity contribution >= 4 is 16.7 Å². The molecule has 3 nitrogen and oxygen atoms in total. The summed E-state index contributed by atoms with van der Waals surface area (Å²) in [4.78, 5) is 12.1. The fourth-order valence-corrected chi connectivity index (χ4v) is 2.77. The van der Waals surface area contributed by atoms with E-state index in [1.807, 2.05) is 25.1 Å². The van der Waals surface area contributed by atoms with Crippen LogP contribution in [0.5, 0.6) is 0 Å². The quantitative estimate of drug-likeness (QED) is 0.748. The van der Waals surface area contributed by atoms with Crippen LogP contribution in [0, 0.1) is 0 Å². The minimum atomic E-state index is -0.886. The number of unbranched alkanes of at least 4 members (excludes halogenated alkanes) is 2. The van der Waals surface area contributed by atoms with Crippen molar-refractivity contribution in [1.29, 1.82) is 0 Å². The predicted molar refractivity (Wildman–Crippen MR) is 85.3 cm³/mol. The normalized spacial score (nSPS) is 13.8. The van der Waals surface area contributed by atoms with E-state index in [1.165, 1.54) is 12.8 Å². The molecule has 1 aromatic carbocycles. The molecular weight excluding hydrogens is 270 g/mol. The van der Waals surface area contributed by atoms with Crippen molar-refractivity contribution in [1.82, 2.24) is 5.32 Å². The largest absolute Gasteiger partial charge is 0.350 e. The minimum Gasteiger partial charge on any atom is -0.350 e. The second kappa shape index (κ2) is 8.90. The SMILES string of the molecule is CCCCCC(C)NC(=O)c1cccc(CS(C)=O)c1. The van der Waals surface area contributed by atoms with Crippen LogP contribution in [0.2, 0.25) is 0 Å². The third kappa shape index (κ3) is 6.33. The summed E-state index contributed by atoms with van der Waals surface area (Å²) in [7, 11) is -0.886. The van der Waals surface area contributed by atoms with Gasteiger partial charge in [0.15, 0.2) is 0 Å². The van der Waals surface area contributed by atoms with Gasteiger partial charge in [-0.3, -0.25) is 9.00 Å². The van der Waals surface area contributed by atoms with Crippen LogP contribution in [0.4, 0.5) is 0 Å². The maximum Gasteiger partial charge on any atom is 0.251 e. The molecule has 0 aliphatic heterocycles. The Kier molecular flexibility index (Phi) is 7.52. The van der Waals surface area contributed by atoms with Gasteiger partial charge in [0.05, 0.1) is 0 Å². The standard InChI is InChI=1S/C16H25NO2S/c1-4-5-6-8-13(2)17-16(18)15-10-7-9-14(11-15)12-20(3)19/h7,9-11,13H,4-6,8,12H2,1-3H3,(H,17,18). The summed E-state index contributed by atoms with van der Waals surface area (Å²) in [6, 6.07) is 7.57. The zero-order valence-electron chi connectivity index (χ0n) is 12.6. The van der Waals surface area contributed by atoms with E-state index in [4.69, 9.17) is 0 Å². The second-order valence-corrected chi connectivity index (χ2v) is 6.72. The number of carbonyl (C=O) groups is 1. The Hall–Kier alpha value is -1.16. The Bertz CT molecular complexity index is 460. The van der Waals surface area contributed by atoms with E-state index in [0.29, 0.717) is 11.3 Å². The van der Waals surface area contributed by atoms with Crippen molar-refractivity contribution < 1.29 is 9.00 Å². The summed E-state index contributed by atoms with van der Waals surface area (Å²) in [6.45, 7) is 4.21. The highest BCUT2D eigenvalue weighted by Gasteiger charge is 2.10. The highest BCUT2D eigenvalue weighted by molar-refractivity contribution is 7.83. The molecule has 20 heavy (non-hydrogen) atoms. The zero-order valence-corrected chi connectivity index (χ0v) is 13.5. The molecule has 0 bridgehead atoms. The lowest BCUT2D eigenvalue weighted by molar-refractivity contribution is 0.0938. The molecule has 0 aliphatic carbocycles. The first-order valence-electron chi connectivity index (χ1n) is 7.22. The molecule has 0 saturated carbocycles. The van der Waals surface area contributed by atoms with Gasteiger partial charge in [-0.25, -0.2) is 0 Å². The fraction of sp³-hybridized carbons (Fsp3) is 0.562. The third-order valence-electron chi connectivity index (χ3n) is 3.18. The number of amides is 1. The van der Waals surface area contributed by atoms with Crippen LogP contribution in [0.15, 0.2) is 24.3 Å². The van der Waals surface area contributed by atoms with Crippen LogP contribution in [-0.2, 0) is 16.6 Å². The molecule has 1 rings (SSSR count). The summed E-state index contributed by atoms with van der Waals surface area (Å²) in [5, 5.41) is 3.02. The monoisotopic (exact) mass is 295 g/mol. The van der Waals surface area contributed by atoms with Gasteiger partial charge in [-0.05, 0) is 31.0 Å². The van der Waals surface area contributed by atoms with Crippen molar-refractivity contribution in [2.45, 2.75) is 51.3 Å². The first-order chi connectivity index (χ1) is 9.52. The maximum absolute atomic E-state index is 12.1. The molecule has 0 saturated heterocycles. The first-order valence-corrected chi connectivity index (χ1v) is 8.95. The van der Waals surface area contributed by atoms with E-state index in [9.17, 15) is 9.00 Å². The van der Waals surface area contributed by atoms with E-state index < -0.39 is 10.8 Å². The fourth-order valence-electron chi connectivity index (χ4n) is 2.12.